The summed E-state index contributed by atoms with van der Waals surface area (Å²) in [6.07, 6.45) is 0. The molecular formula is C17H17N3O5. The van der Waals surface area contributed by atoms with E-state index in [1.165, 1.54) is 31.4 Å². The molecular weight excluding hydrogens is 326 g/mol. The van der Waals surface area contributed by atoms with Gasteiger partial charge in [-0.2, -0.15) is 5.10 Å². The summed E-state index contributed by atoms with van der Waals surface area (Å²) in [5.74, 6) is -0.282. The van der Waals surface area contributed by atoms with Crippen LogP contribution in [0.5, 0.6) is 11.5 Å². The van der Waals surface area contributed by atoms with Crippen LogP contribution in [-0.4, -0.2) is 28.8 Å². The number of nitrogens with one attached hydrogen (secondary N) is 1. The molecule has 2 N–H and O–H groups in total. The van der Waals surface area contributed by atoms with Crippen LogP contribution >= 0.6 is 0 Å². The van der Waals surface area contributed by atoms with Gasteiger partial charge in [-0.25, -0.2) is 5.43 Å². The maximum Gasteiger partial charge on any atom is 0.273 e. The minimum Gasteiger partial charge on any atom is -0.504 e. The lowest BCUT2D eigenvalue weighted by Crippen LogP contribution is -2.19. The quantitative estimate of drug-likeness (QED) is 0.492. The number of hydrogen-bond donors (Lipinski definition) is 2. The number of nitrogens with zero attached hydrogens (tertiary/aromatic N) is 2. The van der Waals surface area contributed by atoms with Crippen LogP contribution in [0, 0.1) is 17.0 Å². The van der Waals surface area contributed by atoms with Crippen molar-refractivity contribution in [1.29, 1.82) is 0 Å². The highest BCUT2D eigenvalue weighted by molar-refractivity contribution is 6.01. The van der Waals surface area contributed by atoms with Crippen LogP contribution in [0.1, 0.15) is 28.4 Å². The summed E-state index contributed by atoms with van der Waals surface area (Å²) in [5.41, 5.74) is 3.96. The molecule has 0 bridgehead atoms. The molecule has 0 aliphatic carbocycles. The number of rotatable bonds is 5. The molecule has 0 saturated heterocycles. The molecule has 8 heteroatoms. The van der Waals surface area contributed by atoms with Gasteiger partial charge >= 0.3 is 0 Å². The Morgan fingerprint density at radius 3 is 2.56 bits per heavy atom. The molecule has 0 radical (unpaired) electrons. The van der Waals surface area contributed by atoms with E-state index in [1.807, 2.05) is 0 Å². The first-order valence-corrected chi connectivity index (χ1v) is 7.30. The van der Waals surface area contributed by atoms with Crippen molar-refractivity contribution in [2.24, 2.45) is 5.10 Å². The Bertz CT molecular complexity index is 861. The average molecular weight is 343 g/mol. The number of methoxy groups -OCH3 is 1. The number of carbonyl (C=O) groups is 1. The van der Waals surface area contributed by atoms with E-state index in [-0.39, 0.29) is 22.7 Å². The van der Waals surface area contributed by atoms with Gasteiger partial charge in [-0.3, -0.25) is 14.9 Å². The second-order valence-electron chi connectivity index (χ2n) is 5.28. The standard InChI is InChI=1S/C17H17N3O5/c1-10-4-5-13(8-14(10)20(23)24)17(22)19-18-11(2)12-6-7-15(21)16(9-12)25-3/h4-9,21H,1-3H3,(H,19,22)/b18-11+. The molecule has 0 atom stereocenters. The van der Waals surface area contributed by atoms with Crippen molar-refractivity contribution in [3.8, 4) is 11.5 Å². The van der Waals surface area contributed by atoms with Crippen LogP contribution in [0.4, 0.5) is 5.69 Å². The van der Waals surface area contributed by atoms with Crippen molar-refractivity contribution < 1.29 is 19.6 Å². The fourth-order valence-corrected chi connectivity index (χ4v) is 2.11. The second-order valence-corrected chi connectivity index (χ2v) is 5.28. The Morgan fingerprint density at radius 2 is 1.92 bits per heavy atom. The van der Waals surface area contributed by atoms with Gasteiger partial charge in [0.2, 0.25) is 0 Å². The summed E-state index contributed by atoms with van der Waals surface area (Å²) in [6, 6.07) is 8.87. The minimum atomic E-state index is -0.562. The lowest BCUT2D eigenvalue weighted by Gasteiger charge is -2.07. The first kappa shape index (κ1) is 17.9. The molecule has 2 aromatic carbocycles. The van der Waals surface area contributed by atoms with Gasteiger partial charge in [0, 0.05) is 22.8 Å². The Labute approximate surface area is 143 Å². The van der Waals surface area contributed by atoms with Gasteiger partial charge in [-0.05, 0) is 38.1 Å². The molecule has 0 spiro atoms. The Kier molecular flexibility index (Phi) is 5.33. The molecule has 0 aromatic heterocycles. The Hall–Kier alpha value is -3.42. The molecule has 0 saturated carbocycles. The maximum absolute atomic E-state index is 12.1. The van der Waals surface area contributed by atoms with E-state index in [0.29, 0.717) is 16.8 Å². The van der Waals surface area contributed by atoms with Crippen LogP contribution in [0.25, 0.3) is 0 Å². The summed E-state index contributed by atoms with van der Waals surface area (Å²) in [5, 5.41) is 24.5. The lowest BCUT2D eigenvalue weighted by molar-refractivity contribution is -0.385. The SMILES string of the molecule is COc1cc(/C(C)=N/NC(=O)c2ccc(C)c([N+](=O)[O-])c2)ccc1O. The molecule has 0 unspecified atom stereocenters. The maximum atomic E-state index is 12.1. The van der Waals surface area contributed by atoms with Gasteiger partial charge in [0.25, 0.3) is 11.6 Å². The predicted molar refractivity (Wildman–Crippen MR) is 92.2 cm³/mol. The highest BCUT2D eigenvalue weighted by Crippen LogP contribution is 2.26. The average Bonchev–Trinajstić information content (AvgIpc) is 2.59. The second kappa shape index (κ2) is 7.43. The number of ether oxygens (including phenoxy) is 1. The zero-order valence-corrected chi connectivity index (χ0v) is 13.9. The summed E-state index contributed by atoms with van der Waals surface area (Å²) in [7, 11) is 1.43. The third-order valence-corrected chi connectivity index (χ3v) is 3.59. The molecule has 2 rings (SSSR count). The number of phenolic OH excluding ortho intramolecular Hbond substituents is 1. The lowest BCUT2D eigenvalue weighted by atomic mass is 10.1. The topological polar surface area (TPSA) is 114 Å². The summed E-state index contributed by atoms with van der Waals surface area (Å²) < 4.78 is 5.02. The van der Waals surface area contributed by atoms with Crippen molar-refractivity contribution in [3.63, 3.8) is 0 Å². The van der Waals surface area contributed by atoms with Gasteiger partial charge in [0.1, 0.15) is 0 Å². The van der Waals surface area contributed by atoms with Crippen LogP contribution < -0.4 is 10.2 Å². The van der Waals surface area contributed by atoms with Crippen molar-refractivity contribution in [3.05, 3.63) is 63.2 Å². The van der Waals surface area contributed by atoms with Crippen LogP contribution in [-0.2, 0) is 0 Å². The molecule has 8 nitrogen and oxygen atoms in total. The van der Waals surface area contributed by atoms with Crippen LogP contribution in [0.15, 0.2) is 41.5 Å². The van der Waals surface area contributed by atoms with Gasteiger partial charge in [0.05, 0.1) is 17.7 Å². The van der Waals surface area contributed by atoms with Gasteiger partial charge in [-0.15, -0.1) is 0 Å². The summed E-state index contributed by atoms with van der Waals surface area (Å²) in [6.45, 7) is 3.27. The van der Waals surface area contributed by atoms with E-state index >= 15 is 0 Å². The van der Waals surface area contributed by atoms with Crippen molar-refractivity contribution in [1.82, 2.24) is 5.43 Å². The number of benzene rings is 2. The van der Waals surface area contributed by atoms with Crippen LogP contribution in [0.3, 0.4) is 0 Å². The number of aryl methyl sites for hydroxylation is 1. The van der Waals surface area contributed by atoms with E-state index in [9.17, 15) is 20.0 Å². The molecule has 2 aromatic rings. The van der Waals surface area contributed by atoms with Gasteiger partial charge in [-0.1, -0.05) is 6.07 Å². The Morgan fingerprint density at radius 1 is 1.24 bits per heavy atom. The number of nitro benzene ring substituents is 1. The fraction of sp³-hybridized carbons (Fsp3) is 0.176. The van der Waals surface area contributed by atoms with E-state index in [4.69, 9.17) is 4.74 Å². The number of hydrazone groups is 1. The predicted octanol–water partition coefficient (Wildman–Crippen LogP) is 2.77. The van der Waals surface area contributed by atoms with Crippen molar-refractivity contribution in [2.45, 2.75) is 13.8 Å². The van der Waals surface area contributed by atoms with E-state index < -0.39 is 10.8 Å². The smallest absolute Gasteiger partial charge is 0.273 e. The molecule has 130 valence electrons. The molecule has 0 fully saturated rings. The number of phenols is 1. The van der Waals surface area contributed by atoms with Gasteiger partial charge in [0.15, 0.2) is 11.5 Å². The molecule has 0 aliphatic heterocycles. The van der Waals surface area contributed by atoms with E-state index in [0.717, 1.165) is 0 Å². The third kappa shape index (κ3) is 4.11. The zero-order valence-electron chi connectivity index (χ0n) is 13.9. The van der Waals surface area contributed by atoms with E-state index in [1.54, 1.807) is 26.0 Å². The number of amides is 1. The number of carbonyl (C=O) groups excluding carboxylic acids is 1. The van der Waals surface area contributed by atoms with Crippen molar-refractivity contribution >= 4 is 17.3 Å². The van der Waals surface area contributed by atoms with Gasteiger partial charge < -0.3 is 9.84 Å². The van der Waals surface area contributed by atoms with E-state index in [2.05, 4.69) is 10.5 Å². The number of hydrogen-bond acceptors (Lipinski definition) is 6. The fourth-order valence-electron chi connectivity index (χ4n) is 2.11. The molecule has 25 heavy (non-hydrogen) atoms. The van der Waals surface area contributed by atoms with Crippen LogP contribution in [0.2, 0.25) is 0 Å². The highest BCUT2D eigenvalue weighted by atomic mass is 16.6. The molecule has 0 aliphatic rings. The third-order valence-electron chi connectivity index (χ3n) is 3.59. The highest BCUT2D eigenvalue weighted by Gasteiger charge is 2.15. The summed E-state index contributed by atoms with van der Waals surface area (Å²) >= 11 is 0. The monoisotopic (exact) mass is 343 g/mol. The number of aromatic hydroxyl groups is 1. The minimum absolute atomic E-state index is 0.00458. The first-order chi connectivity index (χ1) is 11.8. The zero-order chi connectivity index (χ0) is 18.6. The Balaban J connectivity index is 2.19. The molecule has 1 amide bonds. The first-order valence-electron chi connectivity index (χ1n) is 7.30. The summed E-state index contributed by atoms with van der Waals surface area (Å²) in [4.78, 5) is 22.5. The largest absolute Gasteiger partial charge is 0.504 e. The van der Waals surface area contributed by atoms with Crippen molar-refractivity contribution in [2.75, 3.05) is 7.11 Å². The normalized spacial score (nSPS) is 11.1. The molecule has 0 heterocycles. The number of nitro groups is 1.